The van der Waals surface area contributed by atoms with Gasteiger partial charge < -0.3 is 5.11 Å². The van der Waals surface area contributed by atoms with Crippen molar-refractivity contribution in [2.24, 2.45) is 0 Å². The van der Waals surface area contributed by atoms with Gasteiger partial charge in [0.2, 0.25) is 10.0 Å². The van der Waals surface area contributed by atoms with Crippen LogP contribution >= 0.6 is 0 Å². The number of aromatic carboxylic acids is 1. The fourth-order valence-electron chi connectivity index (χ4n) is 1.98. The number of carboxylic acid groups (broad SMARTS) is 1. The molecule has 0 aliphatic carbocycles. The van der Waals surface area contributed by atoms with Crippen molar-refractivity contribution in [3.05, 3.63) is 29.1 Å². The third-order valence-corrected chi connectivity index (χ3v) is 4.75. The first kappa shape index (κ1) is 13.0. The van der Waals surface area contributed by atoms with Crippen molar-refractivity contribution in [3.8, 4) is 0 Å². The predicted octanol–water partition coefficient (Wildman–Crippen LogP) is 1.44. The molecule has 0 spiro atoms. The lowest BCUT2D eigenvalue weighted by Crippen LogP contribution is -2.25. The predicted molar refractivity (Wildman–Crippen MR) is 61.2 cm³/mol. The van der Waals surface area contributed by atoms with Crippen LogP contribution in [0.2, 0.25) is 0 Å². The maximum atomic E-state index is 13.5. The van der Waals surface area contributed by atoms with Crippen LogP contribution in [0.1, 0.15) is 29.3 Å². The highest BCUT2D eigenvalue weighted by Gasteiger charge is 2.35. The highest BCUT2D eigenvalue weighted by Crippen LogP contribution is 2.32. The molecule has 1 aliphatic heterocycles. The normalized spacial score (nSPS) is 17.7. The van der Waals surface area contributed by atoms with Crippen molar-refractivity contribution in [2.45, 2.75) is 24.8 Å². The van der Waals surface area contributed by atoms with Gasteiger partial charge >= 0.3 is 5.97 Å². The zero-order valence-corrected chi connectivity index (χ0v) is 10.5. The summed E-state index contributed by atoms with van der Waals surface area (Å²) in [4.78, 5) is 10.7. The molecular formula is C11H12FNO4S. The summed E-state index contributed by atoms with van der Waals surface area (Å²) in [5.74, 6) is -2.38. The van der Waals surface area contributed by atoms with E-state index in [0.29, 0.717) is 18.5 Å². The van der Waals surface area contributed by atoms with Crippen LogP contribution in [-0.4, -0.2) is 30.3 Å². The van der Waals surface area contributed by atoms with Gasteiger partial charge in [0.15, 0.2) is 0 Å². The smallest absolute Gasteiger partial charge is 0.338 e. The molecule has 0 saturated heterocycles. The van der Waals surface area contributed by atoms with E-state index in [4.69, 9.17) is 5.11 Å². The second kappa shape index (κ2) is 4.33. The molecule has 18 heavy (non-hydrogen) atoms. The molecule has 98 valence electrons. The van der Waals surface area contributed by atoms with Crippen LogP contribution in [-0.2, 0) is 16.6 Å². The van der Waals surface area contributed by atoms with E-state index in [1.165, 1.54) is 4.31 Å². The number of carboxylic acids is 1. The van der Waals surface area contributed by atoms with Gasteiger partial charge in [-0.15, -0.1) is 0 Å². The largest absolute Gasteiger partial charge is 0.478 e. The van der Waals surface area contributed by atoms with E-state index in [-0.39, 0.29) is 11.4 Å². The highest BCUT2D eigenvalue weighted by molar-refractivity contribution is 7.89. The van der Waals surface area contributed by atoms with E-state index in [1.807, 2.05) is 6.92 Å². The van der Waals surface area contributed by atoms with Crippen LogP contribution in [0.15, 0.2) is 17.0 Å². The molecule has 1 N–H and O–H groups in total. The fourth-order valence-corrected chi connectivity index (χ4v) is 3.72. The maximum Gasteiger partial charge on any atom is 0.338 e. The Kier molecular flexibility index (Phi) is 3.12. The molecule has 0 fully saturated rings. The lowest BCUT2D eigenvalue weighted by molar-refractivity contribution is 0.0691. The molecule has 0 saturated carbocycles. The molecule has 0 radical (unpaired) electrons. The van der Waals surface area contributed by atoms with Gasteiger partial charge in [-0.3, -0.25) is 0 Å². The van der Waals surface area contributed by atoms with Crippen molar-refractivity contribution in [2.75, 3.05) is 6.54 Å². The number of rotatable bonds is 3. The maximum absolute atomic E-state index is 13.5. The Hall–Kier alpha value is -1.47. The van der Waals surface area contributed by atoms with E-state index in [2.05, 4.69) is 0 Å². The summed E-state index contributed by atoms with van der Waals surface area (Å²) in [5.41, 5.74) is -0.304. The Bertz CT molecular complexity index is 612. The van der Waals surface area contributed by atoms with Gasteiger partial charge in [0.05, 0.1) is 10.5 Å². The summed E-state index contributed by atoms with van der Waals surface area (Å²) in [6.45, 7) is 2.27. The van der Waals surface area contributed by atoms with E-state index in [1.54, 1.807) is 0 Å². The number of hydrogen-bond acceptors (Lipinski definition) is 3. The van der Waals surface area contributed by atoms with Gasteiger partial charge in [0, 0.05) is 13.1 Å². The molecule has 0 unspecified atom stereocenters. The third kappa shape index (κ3) is 1.89. The van der Waals surface area contributed by atoms with Gasteiger partial charge in [0.25, 0.3) is 0 Å². The molecule has 0 bridgehead atoms. The van der Waals surface area contributed by atoms with Crippen LogP contribution in [0.3, 0.4) is 0 Å². The van der Waals surface area contributed by atoms with Gasteiger partial charge in [-0.25, -0.2) is 17.6 Å². The molecule has 0 aromatic heterocycles. The number of nitrogens with zero attached hydrogens (tertiary/aromatic N) is 1. The Morgan fingerprint density at radius 3 is 2.72 bits per heavy atom. The summed E-state index contributed by atoms with van der Waals surface area (Å²) in [6, 6.07) is 1.89. The molecule has 1 aromatic rings. The van der Waals surface area contributed by atoms with Crippen molar-refractivity contribution < 1.29 is 22.7 Å². The molecule has 1 aliphatic rings. The van der Waals surface area contributed by atoms with E-state index in [9.17, 15) is 17.6 Å². The van der Waals surface area contributed by atoms with Gasteiger partial charge in [-0.2, -0.15) is 4.31 Å². The first-order valence-electron chi connectivity index (χ1n) is 5.43. The van der Waals surface area contributed by atoms with Gasteiger partial charge in [-0.1, -0.05) is 6.92 Å². The first-order chi connectivity index (χ1) is 8.37. The van der Waals surface area contributed by atoms with Crippen LogP contribution in [0.25, 0.3) is 0 Å². The molecule has 5 nitrogen and oxygen atoms in total. The Labute approximate surface area is 104 Å². The van der Waals surface area contributed by atoms with Crippen molar-refractivity contribution >= 4 is 16.0 Å². The van der Waals surface area contributed by atoms with Crippen LogP contribution in [0.4, 0.5) is 4.39 Å². The molecule has 2 rings (SSSR count). The SMILES string of the molecule is CCCN1Cc2cc(F)c(C(=O)O)cc2S1(=O)=O. The average Bonchev–Trinajstić information content (AvgIpc) is 2.49. The van der Waals surface area contributed by atoms with Crippen molar-refractivity contribution in [1.82, 2.24) is 4.31 Å². The first-order valence-corrected chi connectivity index (χ1v) is 6.87. The molecule has 1 aromatic carbocycles. The molecule has 0 amide bonds. The summed E-state index contributed by atoms with van der Waals surface area (Å²) in [6.07, 6.45) is 0.640. The zero-order valence-electron chi connectivity index (χ0n) is 9.68. The molecule has 7 heteroatoms. The van der Waals surface area contributed by atoms with Crippen molar-refractivity contribution in [3.63, 3.8) is 0 Å². The number of fused-ring (bicyclic) bond motifs is 1. The molecule has 1 heterocycles. The number of sulfonamides is 1. The second-order valence-corrected chi connectivity index (χ2v) is 5.99. The Morgan fingerprint density at radius 1 is 1.50 bits per heavy atom. The molecular weight excluding hydrogens is 261 g/mol. The summed E-state index contributed by atoms with van der Waals surface area (Å²) in [5, 5.41) is 8.79. The average molecular weight is 273 g/mol. The van der Waals surface area contributed by atoms with Crippen LogP contribution in [0.5, 0.6) is 0 Å². The monoisotopic (exact) mass is 273 g/mol. The lowest BCUT2D eigenvalue weighted by Gasteiger charge is -2.12. The fraction of sp³-hybridized carbons (Fsp3) is 0.364. The van der Waals surface area contributed by atoms with E-state index >= 15 is 0 Å². The second-order valence-electron chi connectivity index (χ2n) is 4.08. The number of hydrogen-bond donors (Lipinski definition) is 1. The number of halogens is 1. The minimum atomic E-state index is -3.68. The lowest BCUT2D eigenvalue weighted by atomic mass is 10.1. The van der Waals surface area contributed by atoms with Crippen LogP contribution < -0.4 is 0 Å². The Balaban J connectivity index is 2.57. The topological polar surface area (TPSA) is 74.7 Å². The number of benzene rings is 1. The summed E-state index contributed by atoms with van der Waals surface area (Å²) >= 11 is 0. The van der Waals surface area contributed by atoms with Crippen molar-refractivity contribution in [1.29, 1.82) is 0 Å². The quantitative estimate of drug-likeness (QED) is 0.904. The Morgan fingerprint density at radius 2 is 2.17 bits per heavy atom. The number of carbonyl (C=O) groups is 1. The zero-order chi connectivity index (χ0) is 13.5. The highest BCUT2D eigenvalue weighted by atomic mass is 32.2. The molecule has 0 atom stereocenters. The minimum absolute atomic E-state index is 0.0995. The standard InChI is InChI=1S/C11H12FNO4S/c1-2-3-13-6-7-4-9(12)8(11(14)15)5-10(7)18(13,16)17/h4-5H,2-3,6H2,1H3,(H,14,15). The minimum Gasteiger partial charge on any atom is -0.478 e. The van der Waals surface area contributed by atoms with E-state index < -0.39 is 27.4 Å². The van der Waals surface area contributed by atoms with Crippen LogP contribution in [0, 0.1) is 5.82 Å². The summed E-state index contributed by atoms with van der Waals surface area (Å²) < 4.78 is 38.8. The van der Waals surface area contributed by atoms with Gasteiger partial charge in [0.1, 0.15) is 5.82 Å². The van der Waals surface area contributed by atoms with Gasteiger partial charge in [-0.05, 0) is 24.1 Å². The summed E-state index contributed by atoms with van der Waals surface area (Å²) in [7, 11) is -3.68. The third-order valence-electron chi connectivity index (χ3n) is 2.82. The van der Waals surface area contributed by atoms with E-state index in [0.717, 1.165) is 12.1 Å².